The SMILES string of the molecule is CCCCC(CC)CNCCC(N)=NO. The predicted octanol–water partition coefficient (Wildman–Crippen LogP) is 1.93. The van der Waals surface area contributed by atoms with Crippen molar-refractivity contribution in [3.8, 4) is 0 Å². The molecule has 4 N–H and O–H groups in total. The molecular formula is C11H25N3O. The fourth-order valence-electron chi connectivity index (χ4n) is 1.52. The lowest BCUT2D eigenvalue weighted by Crippen LogP contribution is -2.27. The van der Waals surface area contributed by atoms with Crippen LogP contribution in [0, 0.1) is 5.92 Å². The Balaban J connectivity index is 3.45. The largest absolute Gasteiger partial charge is 0.409 e. The van der Waals surface area contributed by atoms with Crippen LogP contribution in [0.1, 0.15) is 46.0 Å². The van der Waals surface area contributed by atoms with Gasteiger partial charge in [0.15, 0.2) is 0 Å². The highest BCUT2D eigenvalue weighted by molar-refractivity contribution is 5.79. The second-order valence-corrected chi connectivity index (χ2v) is 3.96. The van der Waals surface area contributed by atoms with Crippen LogP contribution < -0.4 is 11.1 Å². The van der Waals surface area contributed by atoms with Crippen LogP contribution in [-0.2, 0) is 0 Å². The summed E-state index contributed by atoms with van der Waals surface area (Å²) in [5, 5.41) is 14.6. The Morgan fingerprint density at radius 3 is 2.73 bits per heavy atom. The minimum Gasteiger partial charge on any atom is -0.409 e. The van der Waals surface area contributed by atoms with E-state index >= 15 is 0 Å². The quantitative estimate of drug-likeness (QED) is 0.181. The highest BCUT2D eigenvalue weighted by Crippen LogP contribution is 2.10. The summed E-state index contributed by atoms with van der Waals surface area (Å²) in [7, 11) is 0. The zero-order valence-corrected chi connectivity index (χ0v) is 10.00. The molecule has 0 aliphatic heterocycles. The van der Waals surface area contributed by atoms with Crippen molar-refractivity contribution in [2.45, 2.75) is 46.0 Å². The molecule has 0 aliphatic rings. The Hall–Kier alpha value is -0.770. The number of rotatable bonds is 9. The van der Waals surface area contributed by atoms with E-state index in [1.54, 1.807) is 0 Å². The average Bonchev–Trinajstić information content (AvgIpc) is 2.27. The predicted molar refractivity (Wildman–Crippen MR) is 64.2 cm³/mol. The fraction of sp³-hybridized carbons (Fsp3) is 0.909. The molecule has 0 saturated carbocycles. The van der Waals surface area contributed by atoms with E-state index in [0.717, 1.165) is 19.0 Å². The van der Waals surface area contributed by atoms with Gasteiger partial charge >= 0.3 is 0 Å². The van der Waals surface area contributed by atoms with Gasteiger partial charge in [0, 0.05) is 13.0 Å². The van der Waals surface area contributed by atoms with Crippen LogP contribution in [0.2, 0.25) is 0 Å². The first-order valence-electron chi connectivity index (χ1n) is 5.91. The summed E-state index contributed by atoms with van der Waals surface area (Å²) in [4.78, 5) is 0. The highest BCUT2D eigenvalue weighted by atomic mass is 16.4. The second-order valence-electron chi connectivity index (χ2n) is 3.96. The minimum absolute atomic E-state index is 0.295. The number of nitrogens with zero attached hydrogens (tertiary/aromatic N) is 1. The zero-order valence-electron chi connectivity index (χ0n) is 10.00. The molecule has 0 rings (SSSR count). The van der Waals surface area contributed by atoms with Crippen LogP contribution >= 0.6 is 0 Å². The van der Waals surface area contributed by atoms with Crippen molar-refractivity contribution in [2.24, 2.45) is 16.8 Å². The van der Waals surface area contributed by atoms with Crippen molar-refractivity contribution in [3.63, 3.8) is 0 Å². The van der Waals surface area contributed by atoms with Gasteiger partial charge in [-0.25, -0.2) is 0 Å². The van der Waals surface area contributed by atoms with Crippen molar-refractivity contribution in [3.05, 3.63) is 0 Å². The topological polar surface area (TPSA) is 70.6 Å². The Labute approximate surface area is 92.9 Å². The lowest BCUT2D eigenvalue weighted by molar-refractivity contribution is 0.316. The first-order chi connectivity index (χ1) is 7.24. The molecule has 4 heteroatoms. The summed E-state index contributed by atoms with van der Waals surface area (Å²) < 4.78 is 0. The number of nitrogens with one attached hydrogen (secondary N) is 1. The molecule has 0 saturated heterocycles. The van der Waals surface area contributed by atoms with E-state index in [2.05, 4.69) is 24.3 Å². The third-order valence-corrected chi connectivity index (χ3v) is 2.66. The zero-order chi connectivity index (χ0) is 11.5. The van der Waals surface area contributed by atoms with Crippen molar-refractivity contribution in [1.82, 2.24) is 5.32 Å². The molecule has 0 heterocycles. The summed E-state index contributed by atoms with van der Waals surface area (Å²) in [5.74, 6) is 1.06. The summed E-state index contributed by atoms with van der Waals surface area (Å²) in [6, 6.07) is 0. The third-order valence-electron chi connectivity index (χ3n) is 2.66. The molecule has 0 radical (unpaired) electrons. The second kappa shape index (κ2) is 9.77. The first kappa shape index (κ1) is 14.2. The standard InChI is InChI=1S/C11H25N3O/c1-3-5-6-10(4-2)9-13-8-7-11(12)14-15/h10,13,15H,3-9H2,1-2H3,(H2,12,14). The summed E-state index contributed by atoms with van der Waals surface area (Å²) in [5.41, 5.74) is 5.36. The lowest BCUT2D eigenvalue weighted by atomic mass is 9.99. The normalized spacial score (nSPS) is 14.1. The summed E-state index contributed by atoms with van der Waals surface area (Å²) in [6.45, 7) is 6.28. The fourth-order valence-corrected chi connectivity index (χ4v) is 1.52. The number of hydrogen-bond acceptors (Lipinski definition) is 3. The van der Waals surface area contributed by atoms with Crippen LogP contribution in [-0.4, -0.2) is 24.1 Å². The van der Waals surface area contributed by atoms with Gasteiger partial charge in [-0.05, 0) is 18.9 Å². The van der Waals surface area contributed by atoms with Crippen LogP contribution in [0.3, 0.4) is 0 Å². The summed E-state index contributed by atoms with van der Waals surface area (Å²) in [6.07, 6.45) is 5.70. The molecule has 1 unspecified atom stereocenters. The van der Waals surface area contributed by atoms with Gasteiger partial charge in [0.1, 0.15) is 5.84 Å². The summed E-state index contributed by atoms with van der Waals surface area (Å²) >= 11 is 0. The van der Waals surface area contributed by atoms with Gasteiger partial charge in [-0.3, -0.25) is 0 Å². The van der Waals surface area contributed by atoms with Gasteiger partial charge in [-0.2, -0.15) is 0 Å². The van der Waals surface area contributed by atoms with E-state index < -0.39 is 0 Å². The van der Waals surface area contributed by atoms with Crippen LogP contribution in [0.5, 0.6) is 0 Å². The molecule has 0 aromatic heterocycles. The van der Waals surface area contributed by atoms with E-state index in [1.165, 1.54) is 25.7 Å². The van der Waals surface area contributed by atoms with Gasteiger partial charge < -0.3 is 16.3 Å². The Morgan fingerprint density at radius 2 is 2.20 bits per heavy atom. The van der Waals surface area contributed by atoms with Crippen molar-refractivity contribution >= 4 is 5.84 Å². The monoisotopic (exact) mass is 215 g/mol. The van der Waals surface area contributed by atoms with Crippen molar-refractivity contribution in [2.75, 3.05) is 13.1 Å². The molecule has 1 atom stereocenters. The lowest BCUT2D eigenvalue weighted by Gasteiger charge is -2.14. The van der Waals surface area contributed by atoms with Gasteiger partial charge in [-0.15, -0.1) is 0 Å². The molecule has 90 valence electrons. The molecule has 0 aromatic rings. The Morgan fingerprint density at radius 1 is 1.47 bits per heavy atom. The third kappa shape index (κ3) is 8.24. The number of unbranched alkanes of at least 4 members (excludes halogenated alkanes) is 1. The van der Waals surface area contributed by atoms with Crippen molar-refractivity contribution in [1.29, 1.82) is 0 Å². The van der Waals surface area contributed by atoms with E-state index in [1.807, 2.05) is 0 Å². The molecule has 0 bridgehead atoms. The molecule has 4 nitrogen and oxygen atoms in total. The van der Waals surface area contributed by atoms with Crippen LogP contribution in [0.15, 0.2) is 5.16 Å². The van der Waals surface area contributed by atoms with E-state index in [9.17, 15) is 0 Å². The van der Waals surface area contributed by atoms with E-state index in [4.69, 9.17) is 10.9 Å². The number of oxime groups is 1. The van der Waals surface area contributed by atoms with Gasteiger partial charge in [-0.1, -0.05) is 38.3 Å². The maximum atomic E-state index is 8.34. The number of amidine groups is 1. The number of nitrogens with two attached hydrogens (primary N) is 1. The Bertz CT molecular complexity index is 171. The smallest absolute Gasteiger partial charge is 0.140 e. The molecule has 0 fully saturated rings. The van der Waals surface area contributed by atoms with E-state index in [0.29, 0.717) is 12.3 Å². The molecule has 15 heavy (non-hydrogen) atoms. The van der Waals surface area contributed by atoms with Gasteiger partial charge in [0.05, 0.1) is 0 Å². The molecule has 0 aliphatic carbocycles. The highest BCUT2D eigenvalue weighted by Gasteiger charge is 2.04. The van der Waals surface area contributed by atoms with Crippen molar-refractivity contribution < 1.29 is 5.21 Å². The molecule has 0 spiro atoms. The Kier molecular flexibility index (Phi) is 9.27. The maximum absolute atomic E-state index is 8.34. The molecular weight excluding hydrogens is 190 g/mol. The molecule has 0 amide bonds. The minimum atomic E-state index is 0.295. The van der Waals surface area contributed by atoms with Gasteiger partial charge in [0.2, 0.25) is 0 Å². The number of hydrogen-bond donors (Lipinski definition) is 3. The van der Waals surface area contributed by atoms with Crippen LogP contribution in [0.25, 0.3) is 0 Å². The maximum Gasteiger partial charge on any atom is 0.140 e. The average molecular weight is 215 g/mol. The molecule has 0 aromatic carbocycles. The van der Waals surface area contributed by atoms with Gasteiger partial charge in [0.25, 0.3) is 0 Å². The van der Waals surface area contributed by atoms with E-state index in [-0.39, 0.29) is 0 Å². The van der Waals surface area contributed by atoms with Crippen LogP contribution in [0.4, 0.5) is 0 Å². The first-order valence-corrected chi connectivity index (χ1v) is 5.91.